The number of aromatic nitrogens is 2. The number of amides is 1. The van der Waals surface area contributed by atoms with E-state index in [-0.39, 0.29) is 19.4 Å². The minimum Gasteiger partial charge on any atom is -0.399 e. The standard InChI is InChI=1S/C26H29BF3N3O4/c1-24(2)25(3,4)37-27(36-24)17-11-13-18(14-12-17)33-20-9-6-5-8-19(20)32(23(33)35)16-22(34)31-15-7-10-21(31)26(28,29)30/h5-6,8-9,11-14,21H,7,10,15-16H2,1-4H3/t21-/m0/s1. The summed E-state index contributed by atoms with van der Waals surface area (Å²) in [5.41, 5.74) is 0.891. The summed E-state index contributed by atoms with van der Waals surface area (Å²) < 4.78 is 55.1. The molecule has 0 bridgehead atoms. The van der Waals surface area contributed by atoms with Crippen molar-refractivity contribution < 1.29 is 27.3 Å². The molecule has 1 aromatic heterocycles. The monoisotopic (exact) mass is 515 g/mol. The molecule has 3 aromatic rings. The maximum absolute atomic E-state index is 13.5. The first-order chi connectivity index (χ1) is 17.3. The molecule has 2 saturated heterocycles. The molecule has 5 rings (SSSR count). The third-order valence-electron chi connectivity index (χ3n) is 7.76. The predicted molar refractivity (Wildman–Crippen MR) is 134 cm³/mol. The number of benzene rings is 2. The first kappa shape index (κ1) is 25.6. The van der Waals surface area contributed by atoms with Gasteiger partial charge in [0.25, 0.3) is 0 Å². The van der Waals surface area contributed by atoms with Gasteiger partial charge in [0.1, 0.15) is 12.6 Å². The van der Waals surface area contributed by atoms with Crippen molar-refractivity contribution in [1.29, 1.82) is 0 Å². The Morgan fingerprint density at radius 1 is 1.00 bits per heavy atom. The molecule has 7 nitrogen and oxygen atoms in total. The SMILES string of the molecule is CC1(C)OB(c2ccc(-n3c(=O)n(CC(=O)N4CCC[C@H]4C(F)(F)F)c4ccccc43)cc2)OC1(C)C. The van der Waals surface area contributed by atoms with E-state index in [1.54, 1.807) is 36.4 Å². The van der Waals surface area contributed by atoms with Crippen LogP contribution in [0.25, 0.3) is 16.7 Å². The van der Waals surface area contributed by atoms with Crippen molar-refractivity contribution in [2.24, 2.45) is 0 Å². The number of para-hydroxylation sites is 2. The van der Waals surface area contributed by atoms with Crippen LogP contribution >= 0.6 is 0 Å². The molecule has 0 N–H and O–H groups in total. The van der Waals surface area contributed by atoms with Crippen molar-refractivity contribution in [2.75, 3.05) is 6.54 Å². The molecule has 2 fully saturated rings. The van der Waals surface area contributed by atoms with Gasteiger partial charge in [0.2, 0.25) is 5.91 Å². The molecule has 1 atom stereocenters. The Bertz CT molecular complexity index is 1380. The summed E-state index contributed by atoms with van der Waals surface area (Å²) in [6.45, 7) is 7.43. The van der Waals surface area contributed by atoms with E-state index < -0.39 is 48.7 Å². The minimum atomic E-state index is -4.50. The van der Waals surface area contributed by atoms with Gasteiger partial charge in [-0.25, -0.2) is 4.79 Å². The molecule has 11 heteroatoms. The Morgan fingerprint density at radius 3 is 2.19 bits per heavy atom. The number of hydrogen-bond acceptors (Lipinski definition) is 4. The summed E-state index contributed by atoms with van der Waals surface area (Å²) in [6.07, 6.45) is -4.34. The molecule has 0 unspecified atom stereocenters. The predicted octanol–water partition coefficient (Wildman–Crippen LogP) is 3.64. The van der Waals surface area contributed by atoms with Gasteiger partial charge in [-0.05, 0) is 70.3 Å². The van der Waals surface area contributed by atoms with Gasteiger partial charge in [0.05, 0.1) is 27.9 Å². The lowest BCUT2D eigenvalue weighted by atomic mass is 9.79. The Hall–Kier alpha value is -3.05. The van der Waals surface area contributed by atoms with Crippen LogP contribution in [0.5, 0.6) is 0 Å². The number of rotatable bonds is 4. The fourth-order valence-electron chi connectivity index (χ4n) is 5.00. The van der Waals surface area contributed by atoms with Gasteiger partial charge in [-0.2, -0.15) is 13.2 Å². The summed E-state index contributed by atoms with van der Waals surface area (Å²) in [7, 11) is -0.559. The summed E-state index contributed by atoms with van der Waals surface area (Å²) in [5.74, 6) is -0.721. The quantitative estimate of drug-likeness (QED) is 0.498. The van der Waals surface area contributed by atoms with Crippen LogP contribution in [-0.2, 0) is 20.6 Å². The van der Waals surface area contributed by atoms with E-state index >= 15 is 0 Å². The minimum absolute atomic E-state index is 0.0246. The van der Waals surface area contributed by atoms with E-state index in [2.05, 4.69) is 0 Å². The highest BCUT2D eigenvalue weighted by Crippen LogP contribution is 2.36. The second-order valence-corrected chi connectivity index (χ2v) is 10.7. The van der Waals surface area contributed by atoms with Crippen LogP contribution in [0, 0.1) is 0 Å². The van der Waals surface area contributed by atoms with Gasteiger partial charge in [0.15, 0.2) is 0 Å². The number of nitrogens with zero attached hydrogens (tertiary/aromatic N) is 3. The summed E-state index contributed by atoms with van der Waals surface area (Å²) >= 11 is 0. The van der Waals surface area contributed by atoms with Crippen LogP contribution in [0.1, 0.15) is 40.5 Å². The first-order valence-electron chi connectivity index (χ1n) is 12.3. The Kier molecular flexibility index (Phi) is 6.07. The molecule has 0 saturated carbocycles. The number of likely N-dealkylation sites (tertiary alicyclic amines) is 1. The van der Waals surface area contributed by atoms with Crippen molar-refractivity contribution in [3.8, 4) is 5.69 Å². The molecule has 2 aliphatic rings. The average Bonchev–Trinajstić information content (AvgIpc) is 3.48. The maximum atomic E-state index is 13.5. The lowest BCUT2D eigenvalue weighted by Gasteiger charge is -2.32. The van der Waals surface area contributed by atoms with Gasteiger partial charge in [-0.3, -0.25) is 13.9 Å². The van der Waals surface area contributed by atoms with E-state index in [9.17, 15) is 22.8 Å². The highest BCUT2D eigenvalue weighted by atomic mass is 19.4. The van der Waals surface area contributed by atoms with Crippen molar-refractivity contribution in [1.82, 2.24) is 14.0 Å². The van der Waals surface area contributed by atoms with Crippen LogP contribution in [0.3, 0.4) is 0 Å². The highest BCUT2D eigenvalue weighted by Gasteiger charge is 2.51. The number of carbonyl (C=O) groups excluding carboxylic acids is 1. The molecular formula is C26H29BF3N3O4. The number of halogens is 3. The van der Waals surface area contributed by atoms with Crippen molar-refractivity contribution in [3.05, 3.63) is 59.0 Å². The van der Waals surface area contributed by atoms with Crippen molar-refractivity contribution in [2.45, 2.75) is 70.5 Å². The second-order valence-electron chi connectivity index (χ2n) is 10.7. The summed E-state index contributed by atoms with van der Waals surface area (Å²) in [6, 6.07) is 12.3. The first-order valence-corrected chi connectivity index (χ1v) is 12.3. The van der Waals surface area contributed by atoms with E-state index in [1.165, 1.54) is 9.13 Å². The molecule has 0 spiro atoms. The summed E-state index contributed by atoms with van der Waals surface area (Å²) in [4.78, 5) is 27.3. The number of hydrogen-bond donors (Lipinski definition) is 0. The molecule has 3 heterocycles. The fourth-order valence-corrected chi connectivity index (χ4v) is 5.00. The van der Waals surface area contributed by atoms with Gasteiger partial charge in [0, 0.05) is 6.54 Å². The molecule has 0 radical (unpaired) electrons. The normalized spacial score (nSPS) is 21.2. The Balaban J connectivity index is 1.47. The smallest absolute Gasteiger partial charge is 0.399 e. The third-order valence-corrected chi connectivity index (χ3v) is 7.76. The van der Waals surface area contributed by atoms with Crippen LogP contribution in [0.15, 0.2) is 53.3 Å². The second kappa shape index (κ2) is 8.77. The maximum Gasteiger partial charge on any atom is 0.494 e. The zero-order valence-electron chi connectivity index (χ0n) is 21.2. The molecule has 37 heavy (non-hydrogen) atoms. The van der Waals surface area contributed by atoms with E-state index in [0.29, 0.717) is 16.7 Å². The largest absolute Gasteiger partial charge is 0.494 e. The lowest BCUT2D eigenvalue weighted by molar-refractivity contribution is -0.182. The van der Waals surface area contributed by atoms with E-state index in [0.717, 1.165) is 10.4 Å². The van der Waals surface area contributed by atoms with Gasteiger partial charge in [-0.15, -0.1) is 0 Å². The van der Waals surface area contributed by atoms with Crippen LogP contribution in [0.4, 0.5) is 13.2 Å². The van der Waals surface area contributed by atoms with Crippen LogP contribution in [-0.4, -0.2) is 57.0 Å². The molecule has 0 aliphatic carbocycles. The lowest BCUT2D eigenvalue weighted by Crippen LogP contribution is -2.46. The fraction of sp³-hybridized carbons (Fsp3) is 0.462. The number of carbonyl (C=O) groups is 1. The van der Waals surface area contributed by atoms with Crippen molar-refractivity contribution >= 4 is 29.5 Å². The van der Waals surface area contributed by atoms with E-state index in [4.69, 9.17) is 9.31 Å². The summed E-state index contributed by atoms with van der Waals surface area (Å²) in [5, 5.41) is 0. The van der Waals surface area contributed by atoms with E-state index in [1.807, 2.05) is 39.8 Å². The molecule has 196 valence electrons. The number of alkyl halides is 3. The van der Waals surface area contributed by atoms with Crippen LogP contribution < -0.4 is 11.2 Å². The van der Waals surface area contributed by atoms with Gasteiger partial charge in [-0.1, -0.05) is 24.3 Å². The Labute approximate surface area is 212 Å². The topological polar surface area (TPSA) is 65.7 Å². The molecule has 2 aliphatic heterocycles. The zero-order chi connectivity index (χ0) is 26.8. The van der Waals surface area contributed by atoms with Gasteiger partial charge >= 0.3 is 19.0 Å². The highest BCUT2D eigenvalue weighted by molar-refractivity contribution is 6.62. The number of imidazole rings is 1. The van der Waals surface area contributed by atoms with Gasteiger partial charge < -0.3 is 14.2 Å². The zero-order valence-corrected chi connectivity index (χ0v) is 21.2. The molecule has 2 aromatic carbocycles. The Morgan fingerprint density at radius 2 is 1.59 bits per heavy atom. The average molecular weight is 515 g/mol. The molecular weight excluding hydrogens is 486 g/mol. The third kappa shape index (κ3) is 4.38. The van der Waals surface area contributed by atoms with Crippen molar-refractivity contribution in [3.63, 3.8) is 0 Å². The van der Waals surface area contributed by atoms with Crippen LogP contribution in [0.2, 0.25) is 0 Å². The number of fused-ring (bicyclic) bond motifs is 1. The molecule has 1 amide bonds.